The number of ether oxygens (including phenoxy) is 1. The Bertz CT molecular complexity index is 826. The molecule has 0 aromatic carbocycles. The molecule has 1 aromatic heterocycles. The van der Waals surface area contributed by atoms with Gasteiger partial charge in [-0.1, -0.05) is 32.4 Å². The molecule has 0 aliphatic carbocycles. The fourth-order valence-corrected chi connectivity index (χ4v) is 6.16. The Labute approximate surface area is 205 Å². The van der Waals surface area contributed by atoms with Crippen LogP contribution < -0.4 is 4.90 Å². The van der Waals surface area contributed by atoms with E-state index in [-0.39, 0.29) is 17.4 Å². The van der Waals surface area contributed by atoms with Gasteiger partial charge in [-0.05, 0) is 58.0 Å². The van der Waals surface area contributed by atoms with Gasteiger partial charge in [-0.15, -0.1) is 5.10 Å². The van der Waals surface area contributed by atoms with Crippen LogP contribution in [0, 0.1) is 11.3 Å². The number of anilines is 1. The molecule has 33 heavy (non-hydrogen) atoms. The zero-order chi connectivity index (χ0) is 24.6. The second kappa shape index (κ2) is 10.1. The summed E-state index contributed by atoms with van der Waals surface area (Å²) >= 11 is 6.25. The van der Waals surface area contributed by atoms with Crippen LogP contribution in [0.25, 0.3) is 0 Å². The van der Waals surface area contributed by atoms with E-state index in [0.717, 1.165) is 37.3 Å². The summed E-state index contributed by atoms with van der Waals surface area (Å²) in [4.78, 5) is 16.5. The molecule has 1 unspecified atom stereocenters. The monoisotopic (exact) mass is 496 g/mol. The highest BCUT2D eigenvalue weighted by Gasteiger charge is 2.39. The van der Waals surface area contributed by atoms with Gasteiger partial charge in [-0.2, -0.15) is 5.10 Å². The summed E-state index contributed by atoms with van der Waals surface area (Å²) in [6, 6.07) is 1.93. The lowest BCUT2D eigenvalue weighted by Crippen LogP contribution is -2.51. The summed E-state index contributed by atoms with van der Waals surface area (Å²) in [5.41, 5.74) is 1.61. The van der Waals surface area contributed by atoms with E-state index in [2.05, 4.69) is 49.0 Å². The molecule has 2 fully saturated rings. The third-order valence-corrected chi connectivity index (χ3v) is 7.29. The van der Waals surface area contributed by atoms with Crippen LogP contribution in [-0.4, -0.2) is 68.1 Å². The standard InChI is InChI=1S/C24H41ClN4O3Si/c1-23(2,3)21(32-33(7)8)16-9-11-28(12-10-16)18-13-19(25)26-27-20(18)17-14-29(15-17)22(30)31-24(4,5)6/h13,16-17,21,33H,9-12,14-15H2,1-8H3. The second-order valence-electron chi connectivity index (χ2n) is 11.8. The van der Waals surface area contributed by atoms with Crippen molar-refractivity contribution >= 4 is 32.4 Å². The van der Waals surface area contributed by atoms with Crippen LogP contribution in [-0.2, 0) is 9.16 Å². The van der Waals surface area contributed by atoms with Crippen LogP contribution in [0.3, 0.4) is 0 Å². The number of hydrogen-bond acceptors (Lipinski definition) is 6. The number of aromatic nitrogens is 2. The first-order chi connectivity index (χ1) is 15.2. The number of likely N-dealkylation sites (tertiary alicyclic amines) is 1. The summed E-state index contributed by atoms with van der Waals surface area (Å²) in [5, 5.41) is 8.97. The molecule has 1 aromatic rings. The van der Waals surface area contributed by atoms with E-state index < -0.39 is 14.6 Å². The molecule has 0 radical (unpaired) electrons. The highest BCUT2D eigenvalue weighted by molar-refractivity contribution is 6.48. The molecule has 1 atom stereocenters. The zero-order valence-electron chi connectivity index (χ0n) is 21.5. The number of halogens is 1. The van der Waals surface area contributed by atoms with Crippen LogP contribution in [0.4, 0.5) is 10.5 Å². The normalized spacial score (nSPS) is 19.6. The van der Waals surface area contributed by atoms with Gasteiger partial charge in [0.1, 0.15) is 5.60 Å². The van der Waals surface area contributed by atoms with Crippen molar-refractivity contribution in [3.63, 3.8) is 0 Å². The number of hydrogen-bond donors (Lipinski definition) is 0. The number of carbonyl (C=O) groups is 1. The van der Waals surface area contributed by atoms with Gasteiger partial charge in [0.2, 0.25) is 0 Å². The number of amides is 1. The van der Waals surface area contributed by atoms with Crippen molar-refractivity contribution in [1.29, 1.82) is 0 Å². The van der Waals surface area contributed by atoms with E-state index in [1.165, 1.54) is 0 Å². The first-order valence-electron chi connectivity index (χ1n) is 12.2. The van der Waals surface area contributed by atoms with Gasteiger partial charge in [0.05, 0.1) is 17.5 Å². The molecule has 1 amide bonds. The maximum absolute atomic E-state index is 12.3. The van der Waals surface area contributed by atoms with Gasteiger partial charge in [0, 0.05) is 38.2 Å². The van der Waals surface area contributed by atoms with Gasteiger partial charge >= 0.3 is 6.09 Å². The van der Waals surface area contributed by atoms with Gasteiger partial charge in [-0.25, -0.2) is 4.79 Å². The lowest BCUT2D eigenvalue weighted by atomic mass is 9.77. The molecule has 3 heterocycles. The van der Waals surface area contributed by atoms with Gasteiger partial charge in [0.25, 0.3) is 0 Å². The molecular formula is C24H41ClN4O3Si. The van der Waals surface area contributed by atoms with Crippen molar-refractivity contribution in [3.8, 4) is 0 Å². The van der Waals surface area contributed by atoms with E-state index >= 15 is 0 Å². The highest BCUT2D eigenvalue weighted by atomic mass is 35.5. The largest absolute Gasteiger partial charge is 0.444 e. The quantitative estimate of drug-likeness (QED) is 0.528. The van der Waals surface area contributed by atoms with E-state index in [9.17, 15) is 4.79 Å². The van der Waals surface area contributed by atoms with Crippen LogP contribution in [0.5, 0.6) is 0 Å². The van der Waals surface area contributed by atoms with E-state index in [0.29, 0.717) is 30.3 Å². The molecule has 7 nitrogen and oxygen atoms in total. The Balaban J connectivity index is 1.67. The predicted octanol–water partition coefficient (Wildman–Crippen LogP) is 5.10. The highest BCUT2D eigenvalue weighted by Crippen LogP contribution is 2.39. The Morgan fingerprint density at radius 2 is 1.73 bits per heavy atom. The van der Waals surface area contributed by atoms with Crippen molar-refractivity contribution in [2.45, 2.75) is 85.1 Å². The minimum Gasteiger partial charge on any atom is -0.444 e. The van der Waals surface area contributed by atoms with Crippen molar-refractivity contribution in [2.24, 2.45) is 11.3 Å². The minimum absolute atomic E-state index is 0.133. The van der Waals surface area contributed by atoms with Gasteiger partial charge in [-0.3, -0.25) is 0 Å². The Hall–Kier alpha value is -1.38. The molecule has 0 saturated carbocycles. The van der Waals surface area contributed by atoms with Crippen LogP contribution in [0.15, 0.2) is 6.07 Å². The van der Waals surface area contributed by atoms with Crippen molar-refractivity contribution in [1.82, 2.24) is 15.1 Å². The van der Waals surface area contributed by atoms with E-state index in [1.54, 1.807) is 4.90 Å². The lowest BCUT2D eigenvalue weighted by molar-refractivity contribution is 0.00780. The van der Waals surface area contributed by atoms with Gasteiger partial charge < -0.3 is 19.0 Å². The molecule has 0 spiro atoms. The second-order valence-corrected chi connectivity index (χ2v) is 14.6. The number of piperidine rings is 1. The van der Waals surface area contributed by atoms with E-state index in [1.807, 2.05) is 26.8 Å². The molecule has 2 saturated heterocycles. The average Bonchev–Trinajstić information content (AvgIpc) is 2.64. The van der Waals surface area contributed by atoms with Crippen LogP contribution in [0.2, 0.25) is 18.2 Å². The van der Waals surface area contributed by atoms with E-state index in [4.69, 9.17) is 20.8 Å². The lowest BCUT2D eigenvalue weighted by Gasteiger charge is -2.44. The summed E-state index contributed by atoms with van der Waals surface area (Å²) in [7, 11) is -1.12. The summed E-state index contributed by atoms with van der Waals surface area (Å²) < 4.78 is 12.0. The Morgan fingerprint density at radius 1 is 1.12 bits per heavy atom. The number of rotatable bonds is 5. The zero-order valence-corrected chi connectivity index (χ0v) is 23.4. The first kappa shape index (κ1) is 26.2. The average molecular weight is 497 g/mol. The molecule has 9 heteroatoms. The molecule has 2 aliphatic heterocycles. The topological polar surface area (TPSA) is 67.8 Å². The van der Waals surface area contributed by atoms with Crippen molar-refractivity contribution in [3.05, 3.63) is 16.9 Å². The van der Waals surface area contributed by atoms with Crippen LogP contribution >= 0.6 is 11.6 Å². The number of carbonyl (C=O) groups excluding carboxylic acids is 1. The molecule has 0 bridgehead atoms. The third kappa shape index (κ3) is 6.82. The maximum atomic E-state index is 12.3. The molecule has 3 rings (SSSR count). The smallest absolute Gasteiger partial charge is 0.410 e. The fourth-order valence-electron chi connectivity index (χ4n) is 4.80. The Kier molecular flexibility index (Phi) is 8.01. The molecule has 186 valence electrons. The molecular weight excluding hydrogens is 456 g/mol. The molecule has 2 aliphatic rings. The van der Waals surface area contributed by atoms with Crippen LogP contribution in [0.1, 0.15) is 66.0 Å². The third-order valence-electron chi connectivity index (χ3n) is 6.27. The van der Waals surface area contributed by atoms with Crippen molar-refractivity contribution in [2.75, 3.05) is 31.1 Å². The predicted molar refractivity (Wildman–Crippen MR) is 136 cm³/mol. The molecule has 0 N–H and O–H groups in total. The maximum Gasteiger partial charge on any atom is 0.410 e. The Morgan fingerprint density at radius 3 is 2.24 bits per heavy atom. The summed E-state index contributed by atoms with van der Waals surface area (Å²) in [6.45, 7) is 20.1. The fraction of sp³-hybridized carbons (Fsp3) is 0.792. The minimum atomic E-state index is -1.12. The number of nitrogens with zero attached hydrogens (tertiary/aromatic N) is 4. The SMILES string of the molecule is C[SiH](C)OC(C1CCN(c2cc(Cl)nnc2C2CN(C(=O)OC(C)(C)C)C2)CC1)C(C)(C)C. The van der Waals surface area contributed by atoms with Gasteiger partial charge in [0.15, 0.2) is 14.2 Å². The van der Waals surface area contributed by atoms with Crippen molar-refractivity contribution < 1.29 is 14.0 Å². The summed E-state index contributed by atoms with van der Waals surface area (Å²) in [6.07, 6.45) is 2.18. The first-order valence-corrected chi connectivity index (χ1v) is 15.3. The summed E-state index contributed by atoms with van der Waals surface area (Å²) in [5.74, 6) is 0.698.